The van der Waals surface area contributed by atoms with Gasteiger partial charge in [-0.2, -0.15) is 39.5 Å². The molecule has 2 aromatic rings. The minimum Gasteiger partial charge on any atom is -0.327 e. The van der Waals surface area contributed by atoms with Gasteiger partial charge in [0.05, 0.1) is 22.5 Å². The second-order valence-corrected chi connectivity index (χ2v) is 8.70. The van der Waals surface area contributed by atoms with Crippen LogP contribution < -0.4 is 0 Å². The van der Waals surface area contributed by atoms with E-state index in [0.29, 0.717) is 4.57 Å². The zero-order valence-corrected chi connectivity index (χ0v) is 16.8. The Morgan fingerprint density at radius 1 is 1.00 bits per heavy atom. The molecule has 0 radical (unpaired) electrons. The topological polar surface area (TPSA) is 64.8 Å². The van der Waals surface area contributed by atoms with Crippen LogP contribution in [-0.2, 0) is 16.9 Å². The lowest BCUT2D eigenvalue weighted by atomic mass is 9.98. The van der Waals surface area contributed by atoms with Crippen LogP contribution in [0, 0.1) is 0 Å². The van der Waals surface area contributed by atoms with Gasteiger partial charge < -0.3 is 4.57 Å². The number of imidazole rings is 1. The summed E-state index contributed by atoms with van der Waals surface area (Å²) in [7, 11) is -3.26. The van der Waals surface area contributed by atoms with E-state index in [1.807, 2.05) is 0 Å². The minimum absolute atomic E-state index is 0.173. The normalized spacial score (nSPS) is 15.1. The van der Waals surface area contributed by atoms with Crippen molar-refractivity contribution in [3.05, 3.63) is 30.2 Å². The van der Waals surface area contributed by atoms with Gasteiger partial charge in [0.2, 0.25) is 6.17 Å². The average molecular weight is 501 g/mol. The Balaban J connectivity index is 2.61. The molecular formula is C16H13F10N3O2S. The maximum atomic E-state index is 14.4. The largest absolute Gasteiger partial charge is 0.460 e. The quantitative estimate of drug-likeness (QED) is 0.514. The van der Waals surface area contributed by atoms with E-state index in [1.165, 1.54) is 13.0 Å². The standard InChI is InChI=1S/C16H13F10N3O2S/c1-3-32(30,31)9-5-4-6-27-10(9)12-28-7-8(29(12)2)11(17)13(18,19)14(20,21)15(22,23)16(24,25)26/h4-7,11H,3H2,1-2H3/t11-/m1/s1. The molecule has 2 rings (SSSR count). The van der Waals surface area contributed by atoms with Crippen LogP contribution in [0.4, 0.5) is 43.9 Å². The van der Waals surface area contributed by atoms with Crippen LogP contribution in [0.3, 0.4) is 0 Å². The van der Waals surface area contributed by atoms with Crippen LogP contribution in [0.2, 0.25) is 0 Å². The lowest BCUT2D eigenvalue weighted by Crippen LogP contribution is -2.62. The molecule has 0 aromatic carbocycles. The molecule has 0 N–H and O–H groups in total. The second kappa shape index (κ2) is 7.88. The molecule has 0 aliphatic carbocycles. The highest BCUT2D eigenvalue weighted by molar-refractivity contribution is 7.91. The molecule has 0 saturated heterocycles. The zero-order chi connectivity index (χ0) is 24.9. The molecular weight excluding hydrogens is 488 g/mol. The maximum Gasteiger partial charge on any atom is 0.460 e. The lowest BCUT2D eigenvalue weighted by Gasteiger charge is -2.35. The molecule has 0 fully saturated rings. The first kappa shape index (κ1) is 25.9. The van der Waals surface area contributed by atoms with Crippen LogP contribution in [0.5, 0.6) is 0 Å². The summed E-state index contributed by atoms with van der Waals surface area (Å²) in [6, 6.07) is 2.22. The van der Waals surface area contributed by atoms with Gasteiger partial charge in [-0.15, -0.1) is 0 Å². The van der Waals surface area contributed by atoms with Crippen molar-refractivity contribution in [3.63, 3.8) is 0 Å². The van der Waals surface area contributed by atoms with Gasteiger partial charge in [-0.25, -0.2) is 17.8 Å². The molecule has 2 heterocycles. The summed E-state index contributed by atoms with van der Waals surface area (Å²) in [5, 5.41) is 0. The Morgan fingerprint density at radius 3 is 2.06 bits per heavy atom. The third kappa shape index (κ3) is 3.81. The summed E-state index contributed by atoms with van der Waals surface area (Å²) < 4.78 is 157. The van der Waals surface area contributed by atoms with Gasteiger partial charge in [0.25, 0.3) is 0 Å². The first-order valence-electron chi connectivity index (χ1n) is 8.38. The van der Waals surface area contributed by atoms with Gasteiger partial charge in [0, 0.05) is 13.2 Å². The highest BCUT2D eigenvalue weighted by Gasteiger charge is 2.83. The molecule has 2 aromatic heterocycles. The van der Waals surface area contributed by atoms with Crippen molar-refractivity contribution in [1.82, 2.24) is 14.5 Å². The van der Waals surface area contributed by atoms with Gasteiger partial charge in [0.15, 0.2) is 15.7 Å². The average Bonchev–Trinajstić information content (AvgIpc) is 3.07. The number of rotatable bonds is 7. The first-order valence-corrected chi connectivity index (χ1v) is 10.0. The number of sulfone groups is 1. The van der Waals surface area contributed by atoms with Gasteiger partial charge in [0.1, 0.15) is 5.69 Å². The molecule has 0 unspecified atom stereocenters. The number of aromatic nitrogens is 3. The first-order chi connectivity index (χ1) is 14.3. The molecule has 32 heavy (non-hydrogen) atoms. The Labute approximate surface area is 174 Å². The third-order valence-corrected chi connectivity index (χ3v) is 6.23. The van der Waals surface area contributed by atoms with Crippen molar-refractivity contribution in [3.8, 4) is 11.5 Å². The van der Waals surface area contributed by atoms with Gasteiger partial charge in [-0.05, 0) is 12.1 Å². The predicted molar refractivity (Wildman–Crippen MR) is 88.9 cm³/mol. The van der Waals surface area contributed by atoms with E-state index in [0.717, 1.165) is 19.3 Å². The van der Waals surface area contributed by atoms with Crippen molar-refractivity contribution in [1.29, 1.82) is 0 Å². The van der Waals surface area contributed by atoms with Crippen LogP contribution in [0.25, 0.3) is 11.5 Å². The van der Waals surface area contributed by atoms with E-state index in [2.05, 4.69) is 9.97 Å². The summed E-state index contributed by atoms with van der Waals surface area (Å²) in [5.74, 6) is -22.1. The van der Waals surface area contributed by atoms with E-state index in [-0.39, 0.29) is 6.20 Å². The molecule has 0 aliphatic rings. The van der Waals surface area contributed by atoms with Gasteiger partial charge in [-0.3, -0.25) is 4.98 Å². The monoisotopic (exact) mass is 501 g/mol. The summed E-state index contributed by atoms with van der Waals surface area (Å²) in [5.41, 5.74) is -2.03. The zero-order valence-electron chi connectivity index (χ0n) is 15.9. The number of halogens is 10. The Hall–Kier alpha value is -2.39. The van der Waals surface area contributed by atoms with Crippen LogP contribution in [0.1, 0.15) is 18.8 Å². The highest BCUT2D eigenvalue weighted by Crippen LogP contribution is 2.57. The van der Waals surface area contributed by atoms with Crippen LogP contribution in [-0.4, -0.2) is 52.6 Å². The number of alkyl halides is 10. The maximum absolute atomic E-state index is 14.4. The van der Waals surface area contributed by atoms with Crippen LogP contribution in [0.15, 0.2) is 29.4 Å². The van der Waals surface area contributed by atoms with E-state index < -0.39 is 67.8 Å². The van der Waals surface area contributed by atoms with Crippen molar-refractivity contribution in [2.24, 2.45) is 7.05 Å². The van der Waals surface area contributed by atoms with E-state index in [1.54, 1.807) is 0 Å². The Morgan fingerprint density at radius 2 is 1.56 bits per heavy atom. The SMILES string of the molecule is CCS(=O)(=O)c1cccnc1-c1ncc([C@@H](F)C(F)(F)C(F)(F)C(F)(F)C(F)(F)F)n1C. The minimum atomic E-state index is -7.27. The molecule has 0 spiro atoms. The smallest absolute Gasteiger partial charge is 0.327 e. The second-order valence-electron chi connectivity index (χ2n) is 6.45. The van der Waals surface area contributed by atoms with Gasteiger partial charge >= 0.3 is 23.9 Å². The molecule has 180 valence electrons. The molecule has 0 amide bonds. The van der Waals surface area contributed by atoms with Crippen molar-refractivity contribution in [2.75, 3.05) is 5.75 Å². The molecule has 5 nitrogen and oxygen atoms in total. The van der Waals surface area contributed by atoms with Crippen molar-refractivity contribution < 1.29 is 52.3 Å². The van der Waals surface area contributed by atoms with E-state index in [9.17, 15) is 52.3 Å². The van der Waals surface area contributed by atoms with E-state index >= 15 is 0 Å². The summed E-state index contributed by atoms with van der Waals surface area (Å²) in [6.45, 7) is 1.25. The number of pyridine rings is 1. The fraction of sp³-hybridized carbons (Fsp3) is 0.500. The van der Waals surface area contributed by atoms with E-state index in [4.69, 9.17) is 0 Å². The molecule has 0 aliphatic heterocycles. The fourth-order valence-corrected chi connectivity index (χ4v) is 3.61. The summed E-state index contributed by atoms with van der Waals surface area (Å²) in [6.07, 6.45) is -10.3. The number of hydrogen-bond donors (Lipinski definition) is 0. The van der Waals surface area contributed by atoms with Gasteiger partial charge in [-0.1, -0.05) is 6.92 Å². The number of nitrogens with zero attached hydrogens (tertiary/aromatic N) is 3. The predicted octanol–water partition coefficient (Wildman–Crippen LogP) is 4.75. The molecule has 0 bridgehead atoms. The fourth-order valence-electron chi connectivity index (χ4n) is 2.58. The summed E-state index contributed by atoms with van der Waals surface area (Å²) >= 11 is 0. The molecule has 16 heteroatoms. The Kier molecular flexibility index (Phi) is 6.37. The van der Waals surface area contributed by atoms with Crippen molar-refractivity contribution in [2.45, 2.75) is 41.9 Å². The lowest BCUT2D eigenvalue weighted by molar-refractivity contribution is -0.403. The third-order valence-electron chi connectivity index (χ3n) is 4.47. The summed E-state index contributed by atoms with van der Waals surface area (Å²) in [4.78, 5) is 6.63. The Bertz CT molecular complexity index is 1100. The number of hydrogen-bond acceptors (Lipinski definition) is 4. The highest BCUT2D eigenvalue weighted by atomic mass is 32.2. The van der Waals surface area contributed by atoms with Crippen molar-refractivity contribution >= 4 is 9.84 Å². The molecule has 0 saturated carbocycles. The van der Waals surface area contributed by atoms with Crippen LogP contribution >= 0.6 is 0 Å². The molecule has 1 atom stereocenters.